The molecule has 3 heterocycles. The molecule has 0 amide bonds. The summed E-state index contributed by atoms with van der Waals surface area (Å²) in [5, 5.41) is 7.48. The first-order chi connectivity index (χ1) is 16.8. The van der Waals surface area contributed by atoms with E-state index < -0.39 is 21.4 Å². The van der Waals surface area contributed by atoms with E-state index >= 15 is 0 Å². The van der Waals surface area contributed by atoms with Crippen molar-refractivity contribution in [1.82, 2.24) is 29.7 Å². The third-order valence-electron chi connectivity index (χ3n) is 6.75. The number of hydrogen-bond donors (Lipinski definition) is 1. The molecule has 2 saturated carbocycles. The normalized spacial score (nSPS) is 19.7. The lowest BCUT2D eigenvalue weighted by molar-refractivity contribution is 0.0948. The molecule has 3 aromatic heterocycles. The Kier molecular flexibility index (Phi) is 5.83. The lowest BCUT2D eigenvalue weighted by Gasteiger charge is -2.22. The maximum absolute atomic E-state index is 13.4. The van der Waals surface area contributed by atoms with Gasteiger partial charge in [0.15, 0.2) is 17.4 Å². The Morgan fingerprint density at radius 1 is 1.11 bits per heavy atom. The summed E-state index contributed by atoms with van der Waals surface area (Å²) in [5.74, 6) is 1.77. The van der Waals surface area contributed by atoms with Crippen LogP contribution < -0.4 is 14.2 Å². The fraction of sp³-hybridized carbons (Fsp3) is 0.500. The Balaban J connectivity index is 1.46. The molecule has 3 atom stereocenters. The zero-order valence-electron chi connectivity index (χ0n) is 19.9. The number of aromatic nitrogens is 6. The highest BCUT2D eigenvalue weighted by Crippen LogP contribution is 2.73. The van der Waals surface area contributed by atoms with Crippen LogP contribution in [0.1, 0.15) is 44.2 Å². The predicted molar refractivity (Wildman–Crippen MR) is 125 cm³/mol. The van der Waals surface area contributed by atoms with Crippen LogP contribution in [0.2, 0.25) is 0 Å². The lowest BCUT2D eigenvalue weighted by atomic mass is 10.2. The number of anilines is 1. The average Bonchev–Trinajstić information content (AvgIpc) is 3.77. The molecule has 2 fully saturated rings. The number of sulfonamides is 1. The molecular formula is C22H27N7O5S. The second kappa shape index (κ2) is 8.72. The van der Waals surface area contributed by atoms with E-state index in [2.05, 4.69) is 29.9 Å². The van der Waals surface area contributed by atoms with Gasteiger partial charge in [-0.2, -0.15) is 0 Å². The van der Waals surface area contributed by atoms with Crippen LogP contribution in [0.3, 0.4) is 0 Å². The van der Waals surface area contributed by atoms with Gasteiger partial charge in [-0.3, -0.25) is 9.29 Å². The summed E-state index contributed by atoms with van der Waals surface area (Å²) in [4.78, 5) is 12.9. The molecule has 2 unspecified atom stereocenters. The van der Waals surface area contributed by atoms with E-state index in [9.17, 15) is 8.42 Å². The first kappa shape index (κ1) is 23.4. The van der Waals surface area contributed by atoms with Crippen LogP contribution in [0.5, 0.6) is 11.6 Å². The maximum atomic E-state index is 13.4. The SMILES string of the molecule is COc1cnc(C(OC)C(C)S(=O)(=O)Nc2nnc(-c3cccc(OC)n3)n2[C@@H]2CC23CC3)nc1. The van der Waals surface area contributed by atoms with E-state index in [1.165, 1.54) is 40.6 Å². The predicted octanol–water partition coefficient (Wildman–Crippen LogP) is 2.39. The van der Waals surface area contributed by atoms with Crippen LogP contribution >= 0.6 is 0 Å². The molecular weight excluding hydrogens is 474 g/mol. The minimum Gasteiger partial charge on any atom is -0.494 e. The molecule has 1 spiro atoms. The summed E-state index contributed by atoms with van der Waals surface area (Å²) in [5.41, 5.74) is 0.757. The molecule has 2 aliphatic carbocycles. The monoisotopic (exact) mass is 501 g/mol. The summed E-state index contributed by atoms with van der Waals surface area (Å²) in [6.45, 7) is 1.54. The van der Waals surface area contributed by atoms with E-state index in [1.54, 1.807) is 12.1 Å². The summed E-state index contributed by atoms with van der Waals surface area (Å²) in [6.07, 6.45) is 5.17. The smallest absolute Gasteiger partial charge is 0.240 e. The number of nitrogens with one attached hydrogen (secondary N) is 1. The van der Waals surface area contributed by atoms with Crippen LogP contribution in [0.4, 0.5) is 5.95 Å². The topological polar surface area (TPSA) is 143 Å². The standard InChI is InChI=1S/C22H27N7O5S/c1-13(18(34-4)19-23-11-14(32-2)12-24-19)35(30,31)28-21-27-26-20(15-6-5-7-17(25-15)33-3)29(21)16-10-22(16)8-9-22/h5-7,11-13,16,18H,8-10H2,1-4H3,(H,27,28)/t13?,16-,18?/m1/s1. The zero-order valence-corrected chi connectivity index (χ0v) is 20.7. The van der Waals surface area contributed by atoms with Gasteiger partial charge in [-0.1, -0.05) is 6.07 Å². The molecule has 186 valence electrons. The minimum absolute atomic E-state index is 0.108. The van der Waals surface area contributed by atoms with Gasteiger partial charge in [0, 0.05) is 19.2 Å². The van der Waals surface area contributed by atoms with Gasteiger partial charge < -0.3 is 14.2 Å². The summed E-state index contributed by atoms with van der Waals surface area (Å²) < 4.78 is 47.1. The molecule has 0 aromatic carbocycles. The molecule has 0 bridgehead atoms. The molecule has 3 aromatic rings. The van der Waals surface area contributed by atoms with Gasteiger partial charge in [-0.05, 0) is 37.7 Å². The lowest BCUT2D eigenvalue weighted by Crippen LogP contribution is -2.33. The third kappa shape index (κ3) is 4.29. The van der Waals surface area contributed by atoms with Crippen molar-refractivity contribution in [2.45, 2.75) is 43.6 Å². The number of hydrogen-bond acceptors (Lipinski definition) is 10. The summed E-state index contributed by atoms with van der Waals surface area (Å²) in [7, 11) is 0.486. The molecule has 13 heteroatoms. The number of methoxy groups -OCH3 is 3. The van der Waals surface area contributed by atoms with Gasteiger partial charge in [0.25, 0.3) is 0 Å². The van der Waals surface area contributed by atoms with Gasteiger partial charge in [0.1, 0.15) is 17.0 Å². The average molecular weight is 502 g/mol. The molecule has 0 saturated heterocycles. The number of rotatable bonds is 10. The van der Waals surface area contributed by atoms with Crippen molar-refractivity contribution >= 4 is 16.0 Å². The number of nitrogens with zero attached hydrogens (tertiary/aromatic N) is 6. The van der Waals surface area contributed by atoms with E-state index in [4.69, 9.17) is 14.2 Å². The van der Waals surface area contributed by atoms with Crippen molar-refractivity contribution in [1.29, 1.82) is 0 Å². The van der Waals surface area contributed by atoms with E-state index in [0.717, 1.165) is 19.3 Å². The highest BCUT2D eigenvalue weighted by Gasteiger charge is 2.65. The first-order valence-electron chi connectivity index (χ1n) is 11.2. The first-order valence-corrected chi connectivity index (χ1v) is 12.7. The number of pyridine rings is 1. The zero-order chi connectivity index (χ0) is 24.8. The summed E-state index contributed by atoms with van der Waals surface area (Å²) >= 11 is 0. The molecule has 2 aliphatic rings. The van der Waals surface area contributed by atoms with Crippen molar-refractivity contribution in [2.75, 3.05) is 26.1 Å². The maximum Gasteiger partial charge on any atom is 0.240 e. The Morgan fingerprint density at radius 2 is 1.86 bits per heavy atom. The van der Waals surface area contributed by atoms with Crippen molar-refractivity contribution in [3.8, 4) is 23.1 Å². The van der Waals surface area contributed by atoms with Gasteiger partial charge in [-0.15, -0.1) is 10.2 Å². The Labute approximate surface area is 203 Å². The quantitative estimate of drug-likeness (QED) is 0.440. The van der Waals surface area contributed by atoms with Gasteiger partial charge in [0.05, 0.1) is 26.6 Å². The van der Waals surface area contributed by atoms with E-state index in [1.807, 2.05) is 10.6 Å². The second-order valence-electron chi connectivity index (χ2n) is 8.85. The Morgan fingerprint density at radius 3 is 2.46 bits per heavy atom. The van der Waals surface area contributed by atoms with Crippen LogP contribution in [0.15, 0.2) is 30.6 Å². The number of ether oxygens (including phenoxy) is 3. The second-order valence-corrected chi connectivity index (χ2v) is 10.9. The van der Waals surface area contributed by atoms with Crippen LogP contribution in [-0.4, -0.2) is 64.7 Å². The molecule has 35 heavy (non-hydrogen) atoms. The van der Waals surface area contributed by atoms with Crippen molar-refractivity contribution in [2.24, 2.45) is 5.41 Å². The van der Waals surface area contributed by atoms with Crippen molar-refractivity contribution < 1.29 is 22.6 Å². The minimum atomic E-state index is -3.97. The van der Waals surface area contributed by atoms with Crippen LogP contribution in [-0.2, 0) is 14.8 Å². The Hall–Kier alpha value is -3.32. The van der Waals surface area contributed by atoms with Crippen LogP contribution in [0, 0.1) is 5.41 Å². The van der Waals surface area contributed by atoms with Gasteiger partial charge in [-0.25, -0.2) is 23.4 Å². The molecule has 0 aliphatic heterocycles. The molecule has 0 radical (unpaired) electrons. The summed E-state index contributed by atoms with van der Waals surface area (Å²) in [6, 6.07) is 5.45. The van der Waals surface area contributed by atoms with Gasteiger partial charge in [0.2, 0.25) is 21.9 Å². The van der Waals surface area contributed by atoms with Crippen molar-refractivity contribution in [3.05, 3.63) is 36.4 Å². The molecule has 12 nitrogen and oxygen atoms in total. The van der Waals surface area contributed by atoms with Gasteiger partial charge >= 0.3 is 0 Å². The largest absolute Gasteiger partial charge is 0.494 e. The highest BCUT2D eigenvalue weighted by molar-refractivity contribution is 7.93. The molecule has 1 N–H and O–H groups in total. The molecule has 5 rings (SSSR count). The van der Waals surface area contributed by atoms with E-state index in [0.29, 0.717) is 23.1 Å². The van der Waals surface area contributed by atoms with E-state index in [-0.39, 0.29) is 23.2 Å². The van der Waals surface area contributed by atoms with Crippen LogP contribution in [0.25, 0.3) is 11.5 Å². The highest BCUT2D eigenvalue weighted by atomic mass is 32.2. The Bertz CT molecular complexity index is 1320. The third-order valence-corrected chi connectivity index (χ3v) is 8.44. The fourth-order valence-corrected chi connectivity index (χ4v) is 5.48. The van der Waals surface area contributed by atoms with Crippen molar-refractivity contribution in [3.63, 3.8) is 0 Å². The fourth-order valence-electron chi connectivity index (χ4n) is 4.34.